The third-order valence-corrected chi connectivity index (χ3v) is 6.30. The van der Waals surface area contributed by atoms with Crippen LogP contribution in [0.15, 0.2) is 0 Å². The Bertz CT molecular complexity index is 817. The second-order valence-electron chi connectivity index (χ2n) is 9.45. The van der Waals surface area contributed by atoms with Crippen LogP contribution in [0.3, 0.4) is 0 Å². The van der Waals surface area contributed by atoms with E-state index < -0.39 is 84.4 Å². The minimum absolute atomic E-state index is 0.0224. The van der Waals surface area contributed by atoms with Crippen molar-refractivity contribution in [2.45, 2.75) is 94.3 Å². The number of hydrogen-bond donors (Lipinski definition) is 10. The first-order valence-corrected chi connectivity index (χ1v) is 12.7. The number of nitrogens with two attached hydrogens (primary N) is 5. The van der Waals surface area contributed by atoms with Gasteiger partial charge in [-0.25, -0.2) is 4.79 Å². The summed E-state index contributed by atoms with van der Waals surface area (Å²) in [5.41, 5.74) is 26.1. The molecule has 0 fully saturated rings. The molecule has 16 nitrogen and oxygen atoms in total. The number of unbranched alkanes of at least 4 members (excludes halogenated alkanes) is 2. The van der Waals surface area contributed by atoms with Crippen LogP contribution in [0.2, 0.25) is 0 Å². The topological polar surface area (TPSA) is 312 Å². The Kier molecular flexibility index (Phi) is 16.1. The lowest BCUT2D eigenvalue weighted by atomic mass is 9.79. The number of aliphatic hydroxyl groups excluding tert-OH is 3. The van der Waals surface area contributed by atoms with Crippen LogP contribution in [0.5, 0.6) is 0 Å². The number of Topliss-reactive ketones (excluding diaryl/α,β-unsaturated/α-hetero) is 1. The van der Waals surface area contributed by atoms with Gasteiger partial charge in [0.1, 0.15) is 18.1 Å². The highest BCUT2D eigenvalue weighted by Crippen LogP contribution is 2.30. The zero-order valence-corrected chi connectivity index (χ0v) is 22.5. The van der Waals surface area contributed by atoms with Gasteiger partial charge in [-0.15, -0.1) is 0 Å². The fourth-order valence-corrected chi connectivity index (χ4v) is 3.80. The van der Waals surface area contributed by atoms with E-state index in [2.05, 4.69) is 0 Å². The van der Waals surface area contributed by atoms with Crippen LogP contribution in [-0.4, -0.2) is 116 Å². The van der Waals surface area contributed by atoms with Gasteiger partial charge in [-0.1, -0.05) is 6.42 Å². The summed E-state index contributed by atoms with van der Waals surface area (Å²) >= 11 is 0. The van der Waals surface area contributed by atoms with Crippen molar-refractivity contribution in [1.29, 1.82) is 0 Å². The van der Waals surface area contributed by atoms with E-state index in [-0.39, 0.29) is 37.3 Å². The Morgan fingerprint density at radius 1 is 0.846 bits per heavy atom. The number of amides is 3. The molecule has 226 valence electrons. The van der Waals surface area contributed by atoms with Crippen molar-refractivity contribution < 1.29 is 44.4 Å². The van der Waals surface area contributed by atoms with E-state index in [1.54, 1.807) is 0 Å². The minimum Gasteiger partial charge on any atom is -0.480 e. The van der Waals surface area contributed by atoms with Crippen molar-refractivity contribution in [3.8, 4) is 0 Å². The molecule has 16 heteroatoms. The molecule has 0 aromatic rings. The average Bonchev–Trinajstić information content (AvgIpc) is 2.88. The number of nitrogens with zero attached hydrogens (tertiary/aromatic N) is 1. The van der Waals surface area contributed by atoms with Crippen LogP contribution in [0, 0.1) is 0 Å². The SMILES string of the molecule is CC(O)C(N)C(=O)N(C(=O)C(N)C(C)O)C(CCCCN)(C(=O)NC(CO)C(=O)O)C(=O)C(N)CCCCN. The first-order valence-electron chi connectivity index (χ1n) is 12.7. The normalized spacial score (nSPS) is 17.6. The molecule has 0 bridgehead atoms. The Hall–Kier alpha value is -2.57. The third kappa shape index (κ3) is 9.54. The number of carbonyl (C=O) groups excluding carboxylic acids is 4. The Balaban J connectivity index is 7.44. The number of carbonyl (C=O) groups is 5. The van der Waals surface area contributed by atoms with Gasteiger partial charge >= 0.3 is 5.97 Å². The van der Waals surface area contributed by atoms with E-state index in [9.17, 15) is 44.4 Å². The van der Waals surface area contributed by atoms with Crippen molar-refractivity contribution in [2.24, 2.45) is 28.7 Å². The van der Waals surface area contributed by atoms with Crippen LogP contribution < -0.4 is 34.0 Å². The second kappa shape index (κ2) is 17.2. The van der Waals surface area contributed by atoms with Crippen LogP contribution in [0.25, 0.3) is 0 Å². The number of rotatable bonds is 19. The van der Waals surface area contributed by atoms with Crippen molar-refractivity contribution in [2.75, 3.05) is 19.7 Å². The van der Waals surface area contributed by atoms with Gasteiger partial charge in [0.2, 0.25) is 11.8 Å². The number of ketones is 1. The van der Waals surface area contributed by atoms with E-state index in [4.69, 9.17) is 28.7 Å². The van der Waals surface area contributed by atoms with Crippen LogP contribution in [0.4, 0.5) is 0 Å². The Morgan fingerprint density at radius 2 is 1.31 bits per heavy atom. The molecule has 0 rings (SSSR count). The molecule has 7 atom stereocenters. The first-order chi connectivity index (χ1) is 18.1. The Morgan fingerprint density at radius 3 is 1.69 bits per heavy atom. The lowest BCUT2D eigenvalue weighted by molar-refractivity contribution is -0.168. The average molecular weight is 564 g/mol. The van der Waals surface area contributed by atoms with E-state index in [1.165, 1.54) is 0 Å². The van der Waals surface area contributed by atoms with Gasteiger partial charge in [-0.3, -0.25) is 24.1 Å². The van der Waals surface area contributed by atoms with E-state index in [1.807, 2.05) is 5.32 Å². The van der Waals surface area contributed by atoms with E-state index >= 15 is 0 Å². The predicted molar refractivity (Wildman–Crippen MR) is 139 cm³/mol. The lowest BCUT2D eigenvalue weighted by Gasteiger charge is -2.44. The number of imide groups is 1. The molecule has 0 aliphatic rings. The summed E-state index contributed by atoms with van der Waals surface area (Å²) in [6.45, 7) is 1.52. The molecule has 15 N–H and O–H groups in total. The molecular weight excluding hydrogens is 518 g/mol. The summed E-state index contributed by atoms with van der Waals surface area (Å²) < 4.78 is 0. The standard InChI is InChI=1S/C23H45N7O9/c1-12(32)16(27)19(35)30(20(36)17(28)13(2)33)23(8-4-6-10-25,18(34)14(26)7-3-5-9-24)22(39)29-15(11-31)21(37)38/h12-17,31-33H,3-11,24-28H2,1-2H3,(H,29,39)(H,37,38). The van der Waals surface area contributed by atoms with E-state index in [0.717, 1.165) is 13.8 Å². The number of nitrogens with one attached hydrogen (secondary N) is 1. The summed E-state index contributed by atoms with van der Waals surface area (Å²) in [7, 11) is 0. The molecule has 0 spiro atoms. The van der Waals surface area contributed by atoms with Gasteiger partial charge in [0.25, 0.3) is 5.91 Å². The summed E-state index contributed by atoms with van der Waals surface area (Å²) in [4.78, 5) is 66.9. The number of hydrogen-bond acceptors (Lipinski definition) is 13. The minimum atomic E-state index is -2.83. The van der Waals surface area contributed by atoms with Gasteiger partial charge in [0.15, 0.2) is 11.3 Å². The van der Waals surface area contributed by atoms with Crippen molar-refractivity contribution in [1.82, 2.24) is 10.2 Å². The molecule has 0 saturated carbocycles. The monoisotopic (exact) mass is 563 g/mol. The number of aliphatic hydroxyl groups is 3. The molecule has 0 saturated heterocycles. The quantitative estimate of drug-likeness (QED) is 0.0521. The van der Waals surface area contributed by atoms with Gasteiger partial charge in [-0.2, -0.15) is 0 Å². The molecule has 0 heterocycles. The molecule has 0 aromatic carbocycles. The fourth-order valence-electron chi connectivity index (χ4n) is 3.80. The molecule has 7 unspecified atom stereocenters. The fraction of sp³-hybridized carbons (Fsp3) is 0.783. The van der Waals surface area contributed by atoms with Crippen molar-refractivity contribution in [3.05, 3.63) is 0 Å². The van der Waals surface area contributed by atoms with E-state index in [0.29, 0.717) is 12.8 Å². The number of carboxylic acids is 1. The maximum absolute atomic E-state index is 14.1. The van der Waals surface area contributed by atoms with Crippen LogP contribution in [-0.2, 0) is 24.0 Å². The molecule has 3 amide bonds. The first kappa shape index (κ1) is 36.4. The maximum atomic E-state index is 14.1. The summed E-state index contributed by atoms with van der Waals surface area (Å²) in [6, 6.07) is -7.07. The van der Waals surface area contributed by atoms with Gasteiger partial charge in [0.05, 0.1) is 24.9 Å². The maximum Gasteiger partial charge on any atom is 0.328 e. The van der Waals surface area contributed by atoms with Gasteiger partial charge in [0, 0.05) is 0 Å². The van der Waals surface area contributed by atoms with Gasteiger partial charge in [-0.05, 0) is 59.0 Å². The summed E-state index contributed by atoms with van der Waals surface area (Å²) in [5.74, 6) is -7.06. The molecule has 0 aliphatic heterocycles. The molecule has 0 aliphatic carbocycles. The largest absolute Gasteiger partial charge is 0.480 e. The molecule has 0 radical (unpaired) electrons. The summed E-state index contributed by atoms with van der Waals surface area (Å²) in [5, 5.41) is 41.0. The van der Waals surface area contributed by atoms with Gasteiger partial charge < -0.3 is 54.4 Å². The highest BCUT2D eigenvalue weighted by molar-refractivity contribution is 6.19. The van der Waals surface area contributed by atoms with Crippen LogP contribution >= 0.6 is 0 Å². The number of aliphatic carboxylic acids is 1. The third-order valence-electron chi connectivity index (χ3n) is 6.30. The molecule has 39 heavy (non-hydrogen) atoms. The Labute approximate surface area is 227 Å². The zero-order chi connectivity index (χ0) is 30.5. The summed E-state index contributed by atoms with van der Waals surface area (Å²) in [6.07, 6.45) is -2.78. The highest BCUT2D eigenvalue weighted by atomic mass is 16.4. The lowest BCUT2D eigenvalue weighted by Crippen LogP contribution is -2.74. The molecular formula is C23H45N7O9. The molecule has 0 aromatic heterocycles. The van der Waals surface area contributed by atoms with Crippen molar-refractivity contribution in [3.63, 3.8) is 0 Å². The second-order valence-corrected chi connectivity index (χ2v) is 9.45. The van der Waals surface area contributed by atoms with Crippen molar-refractivity contribution >= 4 is 29.5 Å². The van der Waals surface area contributed by atoms with Crippen LogP contribution in [0.1, 0.15) is 52.4 Å². The number of carboxylic acid groups (broad SMARTS) is 1. The zero-order valence-electron chi connectivity index (χ0n) is 22.5. The smallest absolute Gasteiger partial charge is 0.328 e. The highest BCUT2D eigenvalue weighted by Gasteiger charge is 2.58. The predicted octanol–water partition coefficient (Wildman–Crippen LogP) is -4.79.